The molecular formula is C17H14BrFN2O2. The molecule has 3 rings (SSSR count). The van der Waals surface area contributed by atoms with E-state index in [1.807, 2.05) is 12.1 Å². The standard InChI is InChI=1S/C17H14BrFN2O2/c18-13-3-1-2-4-14(13)21-16(23)17(9-10-17)15(22)20-12-7-5-11(19)6-8-12/h1-8H,9-10H2,(H,20,22)(H,21,23). The lowest BCUT2D eigenvalue weighted by molar-refractivity contribution is -0.131. The molecule has 0 bridgehead atoms. The summed E-state index contributed by atoms with van der Waals surface area (Å²) in [5, 5.41) is 5.46. The number of nitrogens with one attached hydrogen (secondary N) is 2. The van der Waals surface area contributed by atoms with Crippen LogP contribution in [-0.2, 0) is 9.59 Å². The van der Waals surface area contributed by atoms with Gasteiger partial charge in [-0.2, -0.15) is 0 Å². The van der Waals surface area contributed by atoms with E-state index < -0.39 is 5.41 Å². The summed E-state index contributed by atoms with van der Waals surface area (Å²) in [6, 6.07) is 12.7. The number of anilines is 2. The maximum Gasteiger partial charge on any atom is 0.240 e. The Morgan fingerprint density at radius 2 is 1.57 bits per heavy atom. The SMILES string of the molecule is O=C(Nc1ccc(F)cc1)C1(C(=O)Nc2ccccc2Br)CC1. The zero-order chi connectivity index (χ0) is 16.4. The van der Waals surface area contributed by atoms with E-state index in [1.165, 1.54) is 24.3 Å². The molecule has 2 amide bonds. The Kier molecular flexibility index (Phi) is 4.17. The predicted octanol–water partition coefficient (Wildman–Crippen LogP) is 3.95. The molecule has 1 aliphatic rings. The van der Waals surface area contributed by atoms with E-state index in [2.05, 4.69) is 26.6 Å². The van der Waals surface area contributed by atoms with Crippen molar-refractivity contribution in [3.63, 3.8) is 0 Å². The van der Waals surface area contributed by atoms with Crippen LogP contribution in [0.3, 0.4) is 0 Å². The van der Waals surface area contributed by atoms with Gasteiger partial charge in [0.25, 0.3) is 0 Å². The fourth-order valence-electron chi connectivity index (χ4n) is 2.27. The van der Waals surface area contributed by atoms with Gasteiger partial charge in [0.2, 0.25) is 11.8 Å². The first-order valence-corrected chi connectivity index (χ1v) is 7.94. The number of benzene rings is 2. The highest BCUT2D eigenvalue weighted by molar-refractivity contribution is 9.10. The van der Waals surface area contributed by atoms with Crippen LogP contribution in [0.5, 0.6) is 0 Å². The summed E-state index contributed by atoms with van der Waals surface area (Å²) in [7, 11) is 0. The molecule has 1 aliphatic carbocycles. The largest absolute Gasteiger partial charge is 0.325 e. The lowest BCUT2D eigenvalue weighted by Crippen LogP contribution is -2.35. The summed E-state index contributed by atoms with van der Waals surface area (Å²) in [6.45, 7) is 0. The summed E-state index contributed by atoms with van der Waals surface area (Å²) < 4.78 is 13.7. The highest BCUT2D eigenvalue weighted by Crippen LogP contribution is 2.47. The van der Waals surface area contributed by atoms with Gasteiger partial charge in [0.05, 0.1) is 5.69 Å². The molecule has 0 atom stereocenters. The van der Waals surface area contributed by atoms with Crippen LogP contribution in [0.15, 0.2) is 53.0 Å². The molecule has 4 nitrogen and oxygen atoms in total. The molecule has 1 saturated carbocycles. The van der Waals surface area contributed by atoms with Crippen LogP contribution >= 0.6 is 15.9 Å². The van der Waals surface area contributed by atoms with Crippen molar-refractivity contribution in [1.82, 2.24) is 0 Å². The average Bonchev–Trinajstić information content (AvgIpc) is 3.34. The van der Waals surface area contributed by atoms with Crippen molar-refractivity contribution in [1.29, 1.82) is 0 Å². The Balaban J connectivity index is 1.71. The third kappa shape index (κ3) is 3.27. The number of rotatable bonds is 4. The number of carbonyl (C=O) groups is 2. The quantitative estimate of drug-likeness (QED) is 0.793. The Bertz CT molecular complexity index is 757. The molecule has 0 saturated heterocycles. The number of hydrogen-bond acceptors (Lipinski definition) is 2. The van der Waals surface area contributed by atoms with Gasteiger partial charge >= 0.3 is 0 Å². The molecule has 118 valence electrons. The number of hydrogen-bond donors (Lipinski definition) is 2. The maximum atomic E-state index is 12.9. The smallest absolute Gasteiger partial charge is 0.240 e. The highest BCUT2D eigenvalue weighted by Gasteiger charge is 2.56. The van der Waals surface area contributed by atoms with Crippen LogP contribution in [0.4, 0.5) is 15.8 Å². The molecule has 6 heteroatoms. The molecule has 2 aromatic carbocycles. The zero-order valence-electron chi connectivity index (χ0n) is 12.1. The van der Waals surface area contributed by atoms with E-state index in [1.54, 1.807) is 12.1 Å². The summed E-state index contributed by atoms with van der Waals surface area (Å²) in [6.07, 6.45) is 0.993. The van der Waals surface area contributed by atoms with E-state index in [4.69, 9.17) is 0 Å². The van der Waals surface area contributed by atoms with Crippen molar-refractivity contribution in [2.45, 2.75) is 12.8 Å². The molecule has 1 fully saturated rings. The third-order valence-electron chi connectivity index (χ3n) is 3.84. The van der Waals surface area contributed by atoms with Crippen LogP contribution < -0.4 is 10.6 Å². The Hall–Kier alpha value is -2.21. The van der Waals surface area contributed by atoms with Crippen molar-refractivity contribution in [2.24, 2.45) is 5.41 Å². The molecular weight excluding hydrogens is 363 g/mol. The monoisotopic (exact) mass is 376 g/mol. The number of amides is 2. The van der Waals surface area contributed by atoms with Gasteiger partial charge in [-0.1, -0.05) is 12.1 Å². The van der Waals surface area contributed by atoms with Crippen LogP contribution in [-0.4, -0.2) is 11.8 Å². The van der Waals surface area contributed by atoms with Crippen LogP contribution in [0.1, 0.15) is 12.8 Å². The van der Waals surface area contributed by atoms with E-state index in [0.717, 1.165) is 4.47 Å². The second kappa shape index (κ2) is 6.12. The van der Waals surface area contributed by atoms with Gasteiger partial charge in [0, 0.05) is 10.2 Å². The number of halogens is 2. The normalized spacial score (nSPS) is 14.9. The molecule has 0 aliphatic heterocycles. The minimum absolute atomic E-state index is 0.330. The van der Waals surface area contributed by atoms with Crippen molar-refractivity contribution in [3.05, 3.63) is 58.8 Å². The summed E-state index contributed by atoms with van der Waals surface area (Å²) in [4.78, 5) is 24.9. The first-order valence-electron chi connectivity index (χ1n) is 7.14. The van der Waals surface area contributed by atoms with Gasteiger partial charge < -0.3 is 10.6 Å². The summed E-state index contributed by atoms with van der Waals surface area (Å²) in [5.41, 5.74) is 0.0404. The molecule has 0 heterocycles. The molecule has 23 heavy (non-hydrogen) atoms. The summed E-state index contributed by atoms with van der Waals surface area (Å²) in [5.74, 6) is -1.08. The van der Waals surface area contributed by atoms with E-state index in [0.29, 0.717) is 24.2 Å². The third-order valence-corrected chi connectivity index (χ3v) is 4.53. The average molecular weight is 377 g/mol. The van der Waals surface area contributed by atoms with E-state index in [-0.39, 0.29) is 17.6 Å². The van der Waals surface area contributed by atoms with Gasteiger partial charge in [-0.15, -0.1) is 0 Å². The Labute approximate surface area is 141 Å². The molecule has 2 N–H and O–H groups in total. The van der Waals surface area contributed by atoms with Crippen LogP contribution in [0.25, 0.3) is 0 Å². The second-order valence-corrected chi connectivity index (χ2v) is 6.33. The van der Waals surface area contributed by atoms with Crippen LogP contribution in [0, 0.1) is 11.2 Å². The van der Waals surface area contributed by atoms with E-state index in [9.17, 15) is 14.0 Å². The van der Waals surface area contributed by atoms with Crippen molar-refractivity contribution in [3.8, 4) is 0 Å². The fraction of sp³-hybridized carbons (Fsp3) is 0.176. The lowest BCUT2D eigenvalue weighted by atomic mass is 10.0. The molecule has 2 aromatic rings. The van der Waals surface area contributed by atoms with Crippen molar-refractivity contribution >= 4 is 39.1 Å². The van der Waals surface area contributed by atoms with Gasteiger partial charge in [-0.05, 0) is 65.2 Å². The minimum Gasteiger partial charge on any atom is -0.325 e. The van der Waals surface area contributed by atoms with Gasteiger partial charge in [-0.3, -0.25) is 9.59 Å². The number of para-hydroxylation sites is 1. The zero-order valence-corrected chi connectivity index (χ0v) is 13.7. The Morgan fingerprint density at radius 3 is 2.17 bits per heavy atom. The summed E-state index contributed by atoms with van der Waals surface area (Å²) >= 11 is 3.36. The topological polar surface area (TPSA) is 58.2 Å². The lowest BCUT2D eigenvalue weighted by Gasteiger charge is -2.16. The first kappa shape index (κ1) is 15.7. The molecule has 0 unspecified atom stereocenters. The van der Waals surface area contributed by atoms with E-state index >= 15 is 0 Å². The second-order valence-electron chi connectivity index (χ2n) is 5.48. The van der Waals surface area contributed by atoms with Crippen molar-refractivity contribution < 1.29 is 14.0 Å². The number of carbonyl (C=O) groups excluding carboxylic acids is 2. The molecule has 0 spiro atoms. The fourth-order valence-corrected chi connectivity index (χ4v) is 2.65. The van der Waals surface area contributed by atoms with Gasteiger partial charge in [-0.25, -0.2) is 4.39 Å². The van der Waals surface area contributed by atoms with Crippen molar-refractivity contribution in [2.75, 3.05) is 10.6 Å². The van der Waals surface area contributed by atoms with Crippen LogP contribution in [0.2, 0.25) is 0 Å². The minimum atomic E-state index is -1.05. The maximum absolute atomic E-state index is 12.9. The highest BCUT2D eigenvalue weighted by atomic mass is 79.9. The molecule has 0 radical (unpaired) electrons. The first-order chi connectivity index (χ1) is 11.0. The Morgan fingerprint density at radius 1 is 0.957 bits per heavy atom. The molecule has 0 aromatic heterocycles. The van der Waals surface area contributed by atoms with Gasteiger partial charge in [0.15, 0.2) is 0 Å². The predicted molar refractivity (Wildman–Crippen MR) is 89.5 cm³/mol. The van der Waals surface area contributed by atoms with Gasteiger partial charge in [0.1, 0.15) is 11.2 Å².